The van der Waals surface area contributed by atoms with Gasteiger partial charge in [0.1, 0.15) is 5.75 Å². The van der Waals surface area contributed by atoms with E-state index in [0.29, 0.717) is 16.6 Å². The third-order valence-corrected chi connectivity index (χ3v) is 6.47. The number of sulfonamides is 1. The fourth-order valence-electron chi connectivity index (χ4n) is 2.72. The van der Waals surface area contributed by atoms with E-state index in [-0.39, 0.29) is 16.7 Å². The minimum absolute atomic E-state index is 0.0749. The van der Waals surface area contributed by atoms with Gasteiger partial charge >= 0.3 is 0 Å². The molecule has 0 saturated heterocycles. The lowest BCUT2D eigenvalue weighted by Gasteiger charge is -2.18. The number of benzene rings is 2. The predicted molar refractivity (Wildman–Crippen MR) is 119 cm³/mol. The molecule has 3 aromatic rings. The first-order valence-corrected chi connectivity index (χ1v) is 11.7. The number of ether oxygens (including phenoxy) is 1. The maximum Gasteiger partial charge on any atom is 0.265 e. The van der Waals surface area contributed by atoms with E-state index in [2.05, 4.69) is 28.9 Å². The molecule has 2 N–H and O–H groups in total. The van der Waals surface area contributed by atoms with Crippen LogP contribution < -0.4 is 14.8 Å². The summed E-state index contributed by atoms with van der Waals surface area (Å²) in [6, 6.07) is 13.5. The molecule has 1 amide bonds. The second-order valence-corrected chi connectivity index (χ2v) is 9.49. The SMILES string of the molecule is CC(C)c1ccccc1O[C@@H](C)C(=O)Nc1ccc(S(=O)(=O)Nc2nccs2)cc1. The van der Waals surface area contributed by atoms with Crippen molar-refractivity contribution in [2.24, 2.45) is 0 Å². The average Bonchev–Trinajstić information content (AvgIpc) is 3.21. The van der Waals surface area contributed by atoms with E-state index in [1.807, 2.05) is 24.3 Å². The van der Waals surface area contributed by atoms with Gasteiger partial charge in [-0.15, -0.1) is 11.3 Å². The van der Waals surface area contributed by atoms with Crippen LogP contribution in [0.15, 0.2) is 65.0 Å². The third kappa shape index (κ3) is 5.37. The van der Waals surface area contributed by atoms with E-state index in [0.717, 1.165) is 5.56 Å². The number of carbonyl (C=O) groups is 1. The van der Waals surface area contributed by atoms with Crippen LogP contribution in [0.3, 0.4) is 0 Å². The van der Waals surface area contributed by atoms with E-state index in [9.17, 15) is 13.2 Å². The highest BCUT2D eigenvalue weighted by Gasteiger charge is 2.19. The molecule has 0 aliphatic heterocycles. The van der Waals surface area contributed by atoms with Crippen molar-refractivity contribution in [2.75, 3.05) is 10.0 Å². The Hall–Kier alpha value is -2.91. The molecule has 0 saturated carbocycles. The van der Waals surface area contributed by atoms with Crippen LogP contribution in [0.25, 0.3) is 0 Å². The van der Waals surface area contributed by atoms with Crippen molar-refractivity contribution in [1.82, 2.24) is 4.98 Å². The number of nitrogens with zero attached hydrogens (tertiary/aromatic N) is 1. The first-order valence-electron chi connectivity index (χ1n) is 9.35. The van der Waals surface area contributed by atoms with E-state index < -0.39 is 16.1 Å². The number of thiazole rings is 1. The molecule has 0 aliphatic rings. The standard InChI is InChI=1S/C21H23N3O4S2/c1-14(2)18-6-4-5-7-19(18)28-15(3)20(25)23-16-8-10-17(11-9-16)30(26,27)24-21-22-12-13-29-21/h4-15H,1-3H3,(H,22,24)(H,23,25)/t15-/m0/s1. The smallest absolute Gasteiger partial charge is 0.265 e. The Bertz CT molecular complexity index is 1100. The molecule has 0 unspecified atom stereocenters. The van der Waals surface area contributed by atoms with Gasteiger partial charge in [0, 0.05) is 17.3 Å². The number of hydrogen-bond acceptors (Lipinski definition) is 6. The Kier molecular flexibility index (Phi) is 6.73. The number of hydrogen-bond donors (Lipinski definition) is 2. The highest BCUT2D eigenvalue weighted by molar-refractivity contribution is 7.93. The molecule has 0 fully saturated rings. The molecule has 30 heavy (non-hydrogen) atoms. The van der Waals surface area contributed by atoms with Crippen molar-refractivity contribution in [3.63, 3.8) is 0 Å². The minimum Gasteiger partial charge on any atom is -0.481 e. The zero-order chi connectivity index (χ0) is 21.7. The van der Waals surface area contributed by atoms with Crippen LogP contribution in [0.1, 0.15) is 32.3 Å². The molecular formula is C21H23N3O4S2. The van der Waals surface area contributed by atoms with Crippen molar-refractivity contribution in [3.8, 4) is 5.75 Å². The summed E-state index contributed by atoms with van der Waals surface area (Å²) in [5.74, 6) is 0.610. The second kappa shape index (κ2) is 9.27. The monoisotopic (exact) mass is 445 g/mol. The number of anilines is 2. The number of nitrogens with one attached hydrogen (secondary N) is 2. The van der Waals surface area contributed by atoms with Crippen molar-refractivity contribution in [1.29, 1.82) is 0 Å². The summed E-state index contributed by atoms with van der Waals surface area (Å²) in [4.78, 5) is 16.5. The first-order chi connectivity index (χ1) is 14.3. The van der Waals surface area contributed by atoms with Crippen LogP contribution in [0.2, 0.25) is 0 Å². The molecule has 0 aliphatic carbocycles. The summed E-state index contributed by atoms with van der Waals surface area (Å²) in [6.07, 6.45) is 0.795. The highest BCUT2D eigenvalue weighted by atomic mass is 32.2. The normalized spacial score (nSPS) is 12.4. The van der Waals surface area contributed by atoms with Crippen molar-refractivity contribution >= 4 is 38.1 Å². The Morgan fingerprint density at radius 2 is 1.77 bits per heavy atom. The predicted octanol–water partition coefficient (Wildman–Crippen LogP) is 4.47. The van der Waals surface area contributed by atoms with Crippen molar-refractivity contribution in [3.05, 3.63) is 65.7 Å². The molecule has 7 nitrogen and oxygen atoms in total. The fraction of sp³-hybridized carbons (Fsp3) is 0.238. The minimum atomic E-state index is -3.74. The van der Waals surface area contributed by atoms with E-state index in [1.165, 1.54) is 41.8 Å². The maximum atomic E-state index is 12.5. The van der Waals surface area contributed by atoms with Crippen LogP contribution >= 0.6 is 11.3 Å². The Morgan fingerprint density at radius 3 is 2.40 bits per heavy atom. The van der Waals surface area contributed by atoms with E-state index >= 15 is 0 Å². The van der Waals surface area contributed by atoms with E-state index in [4.69, 9.17) is 4.74 Å². The molecule has 3 rings (SSSR count). The van der Waals surface area contributed by atoms with Crippen LogP contribution in [0.5, 0.6) is 5.75 Å². The largest absolute Gasteiger partial charge is 0.481 e. The number of rotatable bonds is 8. The molecule has 0 spiro atoms. The van der Waals surface area contributed by atoms with Crippen molar-refractivity contribution < 1.29 is 17.9 Å². The molecule has 1 atom stereocenters. The van der Waals surface area contributed by atoms with Gasteiger partial charge in [0.15, 0.2) is 11.2 Å². The summed E-state index contributed by atoms with van der Waals surface area (Å²) >= 11 is 1.19. The zero-order valence-electron chi connectivity index (χ0n) is 16.8. The number of amides is 1. The van der Waals surface area contributed by atoms with Gasteiger partial charge in [-0.25, -0.2) is 13.4 Å². The van der Waals surface area contributed by atoms with Gasteiger partial charge in [0.25, 0.3) is 15.9 Å². The van der Waals surface area contributed by atoms with Gasteiger partial charge in [-0.05, 0) is 48.7 Å². The zero-order valence-corrected chi connectivity index (χ0v) is 18.5. The first kappa shape index (κ1) is 21.8. The molecule has 0 bridgehead atoms. The molecule has 1 heterocycles. The summed E-state index contributed by atoms with van der Waals surface area (Å²) in [5, 5.41) is 4.72. The number of carbonyl (C=O) groups excluding carboxylic acids is 1. The van der Waals surface area contributed by atoms with E-state index in [1.54, 1.807) is 12.3 Å². The second-order valence-electron chi connectivity index (χ2n) is 6.91. The summed E-state index contributed by atoms with van der Waals surface area (Å²) in [5.41, 5.74) is 1.50. The lowest BCUT2D eigenvalue weighted by molar-refractivity contribution is -0.122. The van der Waals surface area contributed by atoms with Crippen LogP contribution in [-0.4, -0.2) is 25.4 Å². The lowest BCUT2D eigenvalue weighted by atomic mass is 10.0. The molecule has 2 aromatic carbocycles. The van der Waals surface area contributed by atoms with Gasteiger partial charge in [-0.1, -0.05) is 32.0 Å². The van der Waals surface area contributed by atoms with Gasteiger partial charge in [-0.3, -0.25) is 9.52 Å². The van der Waals surface area contributed by atoms with Crippen LogP contribution in [0.4, 0.5) is 10.8 Å². The summed E-state index contributed by atoms with van der Waals surface area (Å²) < 4.78 is 33.0. The molecule has 158 valence electrons. The molecule has 1 aromatic heterocycles. The summed E-state index contributed by atoms with van der Waals surface area (Å²) in [7, 11) is -3.74. The molecular weight excluding hydrogens is 422 g/mol. The van der Waals surface area contributed by atoms with Crippen LogP contribution in [-0.2, 0) is 14.8 Å². The Balaban J connectivity index is 1.64. The topological polar surface area (TPSA) is 97.4 Å². The lowest BCUT2D eigenvalue weighted by Crippen LogP contribution is -2.30. The van der Waals surface area contributed by atoms with Crippen LogP contribution in [0, 0.1) is 0 Å². The fourth-order valence-corrected chi connectivity index (χ4v) is 4.51. The van der Waals surface area contributed by atoms with Gasteiger partial charge in [-0.2, -0.15) is 0 Å². The Morgan fingerprint density at radius 1 is 1.07 bits per heavy atom. The Labute approximate surface area is 180 Å². The summed E-state index contributed by atoms with van der Waals surface area (Å²) in [6.45, 7) is 5.79. The van der Waals surface area contributed by atoms with Gasteiger partial charge in [0.05, 0.1) is 4.90 Å². The number of para-hydroxylation sites is 1. The maximum absolute atomic E-state index is 12.5. The number of aromatic nitrogens is 1. The third-order valence-electron chi connectivity index (χ3n) is 4.30. The molecule has 0 radical (unpaired) electrons. The average molecular weight is 446 g/mol. The highest BCUT2D eigenvalue weighted by Crippen LogP contribution is 2.27. The van der Waals surface area contributed by atoms with Gasteiger partial charge in [0.2, 0.25) is 0 Å². The van der Waals surface area contributed by atoms with Crippen molar-refractivity contribution in [2.45, 2.75) is 37.7 Å². The van der Waals surface area contributed by atoms with Gasteiger partial charge < -0.3 is 10.1 Å². The quantitative estimate of drug-likeness (QED) is 0.533. The molecule has 9 heteroatoms.